The van der Waals surface area contributed by atoms with E-state index in [2.05, 4.69) is 20.2 Å². The van der Waals surface area contributed by atoms with Gasteiger partial charge in [0, 0.05) is 17.3 Å². The van der Waals surface area contributed by atoms with Gasteiger partial charge in [0.25, 0.3) is 5.95 Å². The van der Waals surface area contributed by atoms with E-state index in [9.17, 15) is 0 Å². The predicted octanol–water partition coefficient (Wildman–Crippen LogP) is 1.09. The Labute approximate surface area is 85.6 Å². The molecule has 2 aromatic rings. The maximum Gasteiger partial charge on any atom is 0.268 e. The summed E-state index contributed by atoms with van der Waals surface area (Å²) in [5.41, 5.74) is 0.850. The number of aromatic nitrogens is 5. The molecule has 2 aromatic heterocycles. The molecule has 2 heterocycles. The van der Waals surface area contributed by atoms with Crippen molar-refractivity contribution >= 4 is 11.8 Å². The molecule has 0 radical (unpaired) electrons. The van der Waals surface area contributed by atoms with E-state index in [-0.39, 0.29) is 0 Å². The fraction of sp³-hybridized carbons (Fsp3) is 0.250. The third-order valence-electron chi connectivity index (χ3n) is 1.64. The van der Waals surface area contributed by atoms with Gasteiger partial charge in [-0.15, -0.1) is 16.6 Å². The molecule has 0 aliphatic rings. The van der Waals surface area contributed by atoms with Gasteiger partial charge in [0.15, 0.2) is 0 Å². The molecule has 0 fully saturated rings. The summed E-state index contributed by atoms with van der Waals surface area (Å²) in [5.74, 6) is 0.496. The Morgan fingerprint density at radius 1 is 1.21 bits per heavy atom. The number of hydrogen-bond acceptors (Lipinski definition) is 5. The average molecular weight is 207 g/mol. The van der Waals surface area contributed by atoms with Crippen LogP contribution in [0.2, 0.25) is 0 Å². The average Bonchev–Trinajstić information content (AvgIpc) is 2.65. The van der Waals surface area contributed by atoms with E-state index in [4.69, 9.17) is 0 Å². The lowest BCUT2D eigenvalue weighted by molar-refractivity contribution is 0.695. The lowest BCUT2D eigenvalue weighted by Gasteiger charge is -1.97. The number of nitrogens with zero attached hydrogens (tertiary/aromatic N) is 5. The summed E-state index contributed by atoms with van der Waals surface area (Å²) in [6.07, 6.45) is 7.16. The summed E-state index contributed by atoms with van der Waals surface area (Å²) in [6, 6.07) is 0. The van der Waals surface area contributed by atoms with E-state index in [1.807, 2.05) is 13.2 Å². The molecule has 0 aromatic carbocycles. The minimum Gasteiger partial charge on any atom is -0.217 e. The Morgan fingerprint density at radius 3 is 2.43 bits per heavy atom. The maximum absolute atomic E-state index is 4.14. The predicted molar refractivity (Wildman–Crippen MR) is 53.5 cm³/mol. The highest BCUT2D eigenvalue weighted by molar-refractivity contribution is 7.98. The second-order valence-electron chi connectivity index (χ2n) is 2.70. The third kappa shape index (κ3) is 1.74. The van der Waals surface area contributed by atoms with E-state index in [0.29, 0.717) is 5.95 Å². The monoisotopic (exact) mass is 207 g/mol. The molecular formula is C8H9N5S. The smallest absolute Gasteiger partial charge is 0.217 e. The van der Waals surface area contributed by atoms with Crippen LogP contribution >= 0.6 is 11.8 Å². The first-order valence-corrected chi connectivity index (χ1v) is 5.27. The van der Waals surface area contributed by atoms with E-state index in [1.165, 1.54) is 4.80 Å². The Kier molecular flexibility index (Phi) is 2.45. The first kappa shape index (κ1) is 9.14. The number of thioether (sulfide) groups is 1. The van der Waals surface area contributed by atoms with Gasteiger partial charge in [-0.25, -0.2) is 9.97 Å². The first-order valence-electron chi connectivity index (χ1n) is 4.05. The van der Waals surface area contributed by atoms with Gasteiger partial charge in [-0.1, -0.05) is 0 Å². The normalized spacial score (nSPS) is 10.4. The van der Waals surface area contributed by atoms with Gasteiger partial charge in [0.1, 0.15) is 0 Å². The Bertz CT molecular complexity index is 422. The summed E-state index contributed by atoms with van der Waals surface area (Å²) in [4.78, 5) is 10.7. The van der Waals surface area contributed by atoms with Crippen LogP contribution in [0.3, 0.4) is 0 Å². The van der Waals surface area contributed by atoms with Gasteiger partial charge in [0.05, 0.1) is 11.9 Å². The molecule has 0 atom stereocenters. The Morgan fingerprint density at radius 2 is 1.93 bits per heavy atom. The van der Waals surface area contributed by atoms with Gasteiger partial charge < -0.3 is 0 Å². The molecule has 0 aliphatic heterocycles. The van der Waals surface area contributed by atoms with Crippen molar-refractivity contribution in [3.8, 4) is 5.95 Å². The van der Waals surface area contributed by atoms with Crippen LogP contribution in [0, 0.1) is 6.92 Å². The molecule has 5 nitrogen and oxygen atoms in total. The molecule has 0 amide bonds. The third-order valence-corrected chi connectivity index (χ3v) is 2.32. The molecule has 14 heavy (non-hydrogen) atoms. The zero-order chi connectivity index (χ0) is 9.97. The zero-order valence-electron chi connectivity index (χ0n) is 7.88. The summed E-state index contributed by atoms with van der Waals surface area (Å²) in [6.45, 7) is 1.87. The standard InChI is InChI=1S/C8H9N5S/c1-6-3-11-13(12-6)8-9-4-7(14-2)5-10-8/h3-5H,1-2H3. The Hall–Kier alpha value is -1.43. The van der Waals surface area contributed by atoms with Crippen LogP contribution < -0.4 is 0 Å². The maximum atomic E-state index is 4.14. The van der Waals surface area contributed by atoms with Crippen LogP contribution in [0.15, 0.2) is 23.5 Å². The summed E-state index contributed by atoms with van der Waals surface area (Å²) < 4.78 is 0. The van der Waals surface area contributed by atoms with Gasteiger partial charge in [-0.05, 0) is 13.2 Å². The number of hydrogen-bond donors (Lipinski definition) is 0. The van der Waals surface area contributed by atoms with E-state index in [0.717, 1.165) is 10.6 Å². The largest absolute Gasteiger partial charge is 0.268 e. The van der Waals surface area contributed by atoms with Gasteiger partial charge in [-0.2, -0.15) is 10.2 Å². The summed E-state index contributed by atoms with van der Waals surface area (Å²) in [7, 11) is 0. The Balaban J connectivity index is 2.33. The van der Waals surface area contributed by atoms with Crippen LogP contribution in [-0.2, 0) is 0 Å². The van der Waals surface area contributed by atoms with Gasteiger partial charge >= 0.3 is 0 Å². The van der Waals surface area contributed by atoms with E-state index >= 15 is 0 Å². The molecule has 0 N–H and O–H groups in total. The van der Waals surface area contributed by atoms with Crippen LogP contribution in [-0.4, -0.2) is 31.2 Å². The molecule has 0 saturated carbocycles. The van der Waals surface area contributed by atoms with Crippen molar-refractivity contribution < 1.29 is 0 Å². The van der Waals surface area contributed by atoms with Crippen LogP contribution in [0.5, 0.6) is 0 Å². The fourth-order valence-electron chi connectivity index (χ4n) is 0.954. The topological polar surface area (TPSA) is 56.5 Å². The SMILES string of the molecule is CSc1cnc(-n2ncc(C)n2)nc1. The summed E-state index contributed by atoms with van der Waals surface area (Å²) in [5, 5.41) is 8.13. The number of aryl methyl sites for hydroxylation is 1. The molecule has 6 heteroatoms. The van der Waals surface area contributed by atoms with E-state index in [1.54, 1.807) is 30.4 Å². The molecule has 0 unspecified atom stereocenters. The van der Waals surface area contributed by atoms with Crippen molar-refractivity contribution in [1.82, 2.24) is 25.0 Å². The number of rotatable bonds is 2. The second kappa shape index (κ2) is 3.75. The molecule has 2 rings (SSSR count). The molecule has 0 aliphatic carbocycles. The van der Waals surface area contributed by atoms with Crippen molar-refractivity contribution in [3.05, 3.63) is 24.3 Å². The first-order chi connectivity index (χ1) is 6.79. The molecule has 72 valence electrons. The summed E-state index contributed by atoms with van der Waals surface area (Å²) >= 11 is 1.60. The van der Waals surface area contributed by atoms with Crippen molar-refractivity contribution in [1.29, 1.82) is 0 Å². The fourth-order valence-corrected chi connectivity index (χ4v) is 1.27. The van der Waals surface area contributed by atoms with Crippen LogP contribution in [0.1, 0.15) is 5.69 Å². The van der Waals surface area contributed by atoms with E-state index < -0.39 is 0 Å². The van der Waals surface area contributed by atoms with Gasteiger partial charge in [0.2, 0.25) is 0 Å². The molecular weight excluding hydrogens is 198 g/mol. The van der Waals surface area contributed by atoms with Crippen molar-refractivity contribution in [2.75, 3.05) is 6.26 Å². The van der Waals surface area contributed by atoms with Crippen LogP contribution in [0.4, 0.5) is 0 Å². The quantitative estimate of drug-likeness (QED) is 0.690. The lowest BCUT2D eigenvalue weighted by Crippen LogP contribution is -2.04. The van der Waals surface area contributed by atoms with Crippen LogP contribution in [0.25, 0.3) is 5.95 Å². The minimum atomic E-state index is 0.496. The molecule has 0 bridgehead atoms. The minimum absolute atomic E-state index is 0.496. The van der Waals surface area contributed by atoms with Crippen molar-refractivity contribution in [3.63, 3.8) is 0 Å². The second-order valence-corrected chi connectivity index (χ2v) is 3.58. The molecule has 0 spiro atoms. The van der Waals surface area contributed by atoms with Crippen molar-refractivity contribution in [2.45, 2.75) is 11.8 Å². The highest BCUT2D eigenvalue weighted by Crippen LogP contribution is 2.11. The van der Waals surface area contributed by atoms with Crippen molar-refractivity contribution in [2.24, 2.45) is 0 Å². The van der Waals surface area contributed by atoms with Gasteiger partial charge in [-0.3, -0.25) is 0 Å². The highest BCUT2D eigenvalue weighted by atomic mass is 32.2. The lowest BCUT2D eigenvalue weighted by atomic mass is 10.6. The molecule has 0 saturated heterocycles. The highest BCUT2D eigenvalue weighted by Gasteiger charge is 2.02. The zero-order valence-corrected chi connectivity index (χ0v) is 8.69.